The van der Waals surface area contributed by atoms with Crippen molar-refractivity contribution in [1.82, 2.24) is 5.06 Å². The Bertz CT molecular complexity index is 553. The number of ether oxygens (including phenoxy) is 1. The fourth-order valence-electron chi connectivity index (χ4n) is 2.41. The highest BCUT2D eigenvalue weighted by Crippen LogP contribution is 2.23. The Balaban J connectivity index is 1.91. The molecule has 0 aliphatic carbocycles. The van der Waals surface area contributed by atoms with Crippen LogP contribution < -0.4 is 0 Å². The molecule has 1 unspecified atom stereocenters. The Morgan fingerprint density at radius 2 is 2.05 bits per heavy atom. The third-order valence-electron chi connectivity index (χ3n) is 3.52. The Morgan fingerprint density at radius 3 is 2.68 bits per heavy atom. The van der Waals surface area contributed by atoms with Gasteiger partial charge in [0.05, 0.1) is 12.2 Å². The van der Waals surface area contributed by atoms with E-state index in [1.807, 2.05) is 13.0 Å². The van der Waals surface area contributed by atoms with Crippen LogP contribution in [0.3, 0.4) is 0 Å². The molecule has 5 nitrogen and oxygen atoms in total. The van der Waals surface area contributed by atoms with Crippen LogP contribution in [0.15, 0.2) is 42.0 Å². The summed E-state index contributed by atoms with van der Waals surface area (Å²) >= 11 is 0. The van der Waals surface area contributed by atoms with Crippen molar-refractivity contribution in [2.45, 2.75) is 32.7 Å². The van der Waals surface area contributed by atoms with Crippen molar-refractivity contribution in [1.29, 1.82) is 0 Å². The molecule has 1 aromatic rings. The second-order valence-corrected chi connectivity index (χ2v) is 5.24. The Hall–Kier alpha value is -2.14. The van der Waals surface area contributed by atoms with Crippen LogP contribution in [0.5, 0.6) is 0 Å². The normalized spacial score (nSPS) is 20.6. The van der Waals surface area contributed by atoms with Gasteiger partial charge in [0.2, 0.25) is 0 Å². The first-order valence-corrected chi connectivity index (χ1v) is 7.50. The van der Waals surface area contributed by atoms with Crippen molar-refractivity contribution in [3.63, 3.8) is 0 Å². The van der Waals surface area contributed by atoms with E-state index in [0.29, 0.717) is 31.6 Å². The molecule has 0 amide bonds. The second-order valence-electron chi connectivity index (χ2n) is 5.24. The number of carbonyl (C=O) groups is 2. The van der Waals surface area contributed by atoms with Crippen molar-refractivity contribution in [2.75, 3.05) is 13.2 Å². The van der Waals surface area contributed by atoms with Crippen LogP contribution in [0.2, 0.25) is 0 Å². The van der Waals surface area contributed by atoms with Crippen LogP contribution >= 0.6 is 0 Å². The average Bonchev–Trinajstić information content (AvgIpc) is 2.51. The molecule has 0 N–H and O–H groups in total. The summed E-state index contributed by atoms with van der Waals surface area (Å²) in [5, 5.41) is 1.68. The predicted molar refractivity (Wildman–Crippen MR) is 82.0 cm³/mol. The molecule has 1 aromatic carbocycles. The Morgan fingerprint density at radius 1 is 1.32 bits per heavy atom. The molecule has 118 valence electrons. The van der Waals surface area contributed by atoms with Crippen molar-refractivity contribution in [3.8, 4) is 0 Å². The summed E-state index contributed by atoms with van der Waals surface area (Å²) in [4.78, 5) is 29.0. The van der Waals surface area contributed by atoms with Gasteiger partial charge in [-0.05, 0) is 38.8 Å². The highest BCUT2D eigenvalue weighted by atomic mass is 16.7. The van der Waals surface area contributed by atoms with Gasteiger partial charge in [0.1, 0.15) is 0 Å². The molecule has 5 heteroatoms. The SMILES string of the molecule is CCOC(=O)/C=C1\CCN(OC(=O)c2ccccc2)C(C)C1. The molecule has 2 rings (SSSR count). The van der Waals surface area contributed by atoms with Crippen LogP contribution in [-0.2, 0) is 14.4 Å². The fourth-order valence-corrected chi connectivity index (χ4v) is 2.41. The number of hydroxylamine groups is 2. The summed E-state index contributed by atoms with van der Waals surface area (Å²) in [7, 11) is 0. The van der Waals surface area contributed by atoms with E-state index < -0.39 is 0 Å². The third kappa shape index (κ3) is 4.43. The maximum absolute atomic E-state index is 12.1. The maximum atomic E-state index is 12.1. The Kier molecular flexibility index (Phi) is 5.72. The van der Waals surface area contributed by atoms with Gasteiger partial charge in [-0.2, -0.15) is 0 Å². The molecule has 1 saturated heterocycles. The molecule has 0 bridgehead atoms. The molecule has 1 fully saturated rings. The van der Waals surface area contributed by atoms with Crippen LogP contribution in [0.1, 0.15) is 37.0 Å². The van der Waals surface area contributed by atoms with Gasteiger partial charge < -0.3 is 9.57 Å². The number of hydrogen-bond acceptors (Lipinski definition) is 5. The van der Waals surface area contributed by atoms with Gasteiger partial charge in [-0.1, -0.05) is 23.8 Å². The lowest BCUT2D eigenvalue weighted by molar-refractivity contribution is -0.141. The molecule has 0 radical (unpaired) electrons. The monoisotopic (exact) mass is 303 g/mol. The minimum Gasteiger partial charge on any atom is -0.463 e. The quantitative estimate of drug-likeness (QED) is 0.632. The minimum absolute atomic E-state index is 0.0297. The van der Waals surface area contributed by atoms with Crippen molar-refractivity contribution in [3.05, 3.63) is 47.5 Å². The fraction of sp³-hybridized carbons (Fsp3) is 0.412. The highest BCUT2D eigenvalue weighted by molar-refractivity contribution is 5.89. The van der Waals surface area contributed by atoms with Gasteiger partial charge >= 0.3 is 11.9 Å². The molecule has 0 aromatic heterocycles. The zero-order valence-electron chi connectivity index (χ0n) is 13.0. The van der Waals surface area contributed by atoms with Crippen molar-refractivity contribution < 1.29 is 19.2 Å². The van der Waals surface area contributed by atoms with Crippen molar-refractivity contribution in [2.24, 2.45) is 0 Å². The van der Waals surface area contributed by atoms with E-state index in [0.717, 1.165) is 5.57 Å². The number of piperidine rings is 1. The van der Waals surface area contributed by atoms with Gasteiger partial charge in [0.25, 0.3) is 0 Å². The summed E-state index contributed by atoms with van der Waals surface area (Å²) in [5.74, 6) is -0.662. The maximum Gasteiger partial charge on any atom is 0.357 e. The van der Waals surface area contributed by atoms with Gasteiger partial charge in [0, 0.05) is 18.7 Å². The number of carbonyl (C=O) groups excluding carboxylic acids is 2. The molecule has 1 heterocycles. The molecule has 1 aliphatic rings. The van der Waals surface area contributed by atoms with Crippen LogP contribution in [0, 0.1) is 0 Å². The van der Waals surface area contributed by atoms with E-state index in [1.165, 1.54) is 0 Å². The average molecular weight is 303 g/mol. The van der Waals surface area contributed by atoms with Crippen LogP contribution in [-0.4, -0.2) is 36.2 Å². The molecular weight excluding hydrogens is 282 g/mol. The Labute approximate surface area is 130 Å². The van der Waals surface area contributed by atoms with Gasteiger partial charge in [-0.15, -0.1) is 5.06 Å². The largest absolute Gasteiger partial charge is 0.463 e. The summed E-state index contributed by atoms with van der Waals surface area (Å²) in [6, 6.07) is 8.94. The molecule has 22 heavy (non-hydrogen) atoms. The first kappa shape index (κ1) is 16.2. The topological polar surface area (TPSA) is 55.8 Å². The first-order chi connectivity index (χ1) is 10.6. The lowest BCUT2D eigenvalue weighted by Gasteiger charge is -2.32. The van der Waals surface area contributed by atoms with Crippen LogP contribution in [0.4, 0.5) is 0 Å². The third-order valence-corrected chi connectivity index (χ3v) is 3.52. The predicted octanol–water partition coefficient (Wildman–Crippen LogP) is 2.73. The zero-order chi connectivity index (χ0) is 15.9. The molecule has 0 saturated carbocycles. The van der Waals surface area contributed by atoms with Gasteiger partial charge in [-0.25, -0.2) is 9.59 Å². The minimum atomic E-state index is -0.356. The summed E-state index contributed by atoms with van der Waals surface area (Å²) < 4.78 is 4.91. The number of hydrogen-bond donors (Lipinski definition) is 0. The lowest BCUT2D eigenvalue weighted by atomic mass is 9.99. The summed E-state index contributed by atoms with van der Waals surface area (Å²) in [5.41, 5.74) is 1.56. The molecule has 0 spiro atoms. The number of benzene rings is 1. The zero-order valence-corrected chi connectivity index (χ0v) is 13.0. The second kappa shape index (κ2) is 7.75. The molecule has 1 aliphatic heterocycles. The van der Waals surface area contributed by atoms with E-state index in [1.54, 1.807) is 42.3 Å². The number of nitrogens with zero attached hydrogens (tertiary/aromatic N) is 1. The van der Waals surface area contributed by atoms with E-state index in [2.05, 4.69) is 0 Å². The van der Waals surface area contributed by atoms with Crippen molar-refractivity contribution >= 4 is 11.9 Å². The van der Waals surface area contributed by atoms with E-state index in [4.69, 9.17) is 9.57 Å². The summed E-state index contributed by atoms with van der Waals surface area (Å²) in [6.07, 6.45) is 2.92. The lowest BCUT2D eigenvalue weighted by Crippen LogP contribution is -2.40. The molecular formula is C17H21NO4. The smallest absolute Gasteiger partial charge is 0.357 e. The highest BCUT2D eigenvalue weighted by Gasteiger charge is 2.25. The van der Waals surface area contributed by atoms with E-state index in [9.17, 15) is 9.59 Å². The number of rotatable bonds is 4. The van der Waals surface area contributed by atoms with E-state index >= 15 is 0 Å². The number of esters is 1. The van der Waals surface area contributed by atoms with E-state index in [-0.39, 0.29) is 18.0 Å². The van der Waals surface area contributed by atoms with Gasteiger partial charge in [-0.3, -0.25) is 0 Å². The molecule has 1 atom stereocenters. The standard InChI is InChI=1S/C17H21NO4/c1-3-21-16(19)12-14-9-10-18(13(2)11-14)22-17(20)15-7-5-4-6-8-15/h4-8,12-13H,3,9-11H2,1-2H3/b14-12+. The van der Waals surface area contributed by atoms with Gasteiger partial charge in [0.15, 0.2) is 0 Å². The summed E-state index contributed by atoms with van der Waals surface area (Å²) in [6.45, 7) is 4.70. The first-order valence-electron chi connectivity index (χ1n) is 7.50. The van der Waals surface area contributed by atoms with Crippen LogP contribution in [0.25, 0.3) is 0 Å².